The summed E-state index contributed by atoms with van der Waals surface area (Å²) in [5.74, 6) is 0.0530. The Hall–Kier alpha value is -3.09. The lowest BCUT2D eigenvalue weighted by molar-refractivity contribution is 0.0927. The molecule has 5 rings (SSSR count). The normalized spacial score (nSPS) is 15.2. The van der Waals surface area contributed by atoms with Crippen LogP contribution in [0.1, 0.15) is 53.9 Å². The number of nitrogens with one attached hydrogen (secondary N) is 1. The standard InChI is InChI=1S/C27H24Cl2FN3O2/c1-14-9-21-23(27(2,3)4)18(26(34)32-20-13-35-22-8-6-5-7-16(20)22)12-31-33(21)25(14)17-10-15(30)11-19(28)24(17)29/h5-12,20H,13H2,1-4H3,(H,32,34)/t20-/m0/s1. The molecule has 0 saturated carbocycles. The highest BCUT2D eigenvalue weighted by Gasteiger charge is 2.31. The number of amides is 1. The van der Waals surface area contributed by atoms with Gasteiger partial charge in [-0.3, -0.25) is 4.79 Å². The number of halogens is 3. The molecule has 0 spiro atoms. The predicted molar refractivity (Wildman–Crippen MR) is 136 cm³/mol. The zero-order chi connectivity index (χ0) is 25.1. The lowest BCUT2D eigenvalue weighted by Gasteiger charge is -2.24. The molecular weight excluding hydrogens is 488 g/mol. The number of carbonyl (C=O) groups is 1. The van der Waals surface area contributed by atoms with Crippen LogP contribution in [-0.4, -0.2) is 22.1 Å². The molecule has 0 unspecified atom stereocenters. The number of hydrogen-bond donors (Lipinski definition) is 1. The van der Waals surface area contributed by atoms with Gasteiger partial charge in [0, 0.05) is 11.1 Å². The smallest absolute Gasteiger partial charge is 0.253 e. The van der Waals surface area contributed by atoms with Crippen molar-refractivity contribution in [3.8, 4) is 17.0 Å². The van der Waals surface area contributed by atoms with Crippen LogP contribution in [-0.2, 0) is 5.41 Å². The number of nitrogens with zero attached hydrogens (tertiary/aromatic N) is 2. The number of aryl methyl sites for hydroxylation is 1. The number of ether oxygens (including phenoxy) is 1. The second-order valence-electron chi connectivity index (χ2n) is 9.78. The first-order chi connectivity index (χ1) is 16.6. The molecule has 2 aromatic heterocycles. The Balaban J connectivity index is 1.64. The van der Waals surface area contributed by atoms with Crippen LogP contribution in [0.5, 0.6) is 5.75 Å². The maximum absolute atomic E-state index is 14.2. The van der Waals surface area contributed by atoms with Crippen molar-refractivity contribution >= 4 is 34.6 Å². The molecule has 0 fully saturated rings. The molecule has 3 heterocycles. The first kappa shape index (κ1) is 23.6. The van der Waals surface area contributed by atoms with E-state index in [4.69, 9.17) is 27.9 Å². The van der Waals surface area contributed by atoms with E-state index >= 15 is 0 Å². The van der Waals surface area contributed by atoms with Crippen LogP contribution in [0.2, 0.25) is 10.0 Å². The second kappa shape index (κ2) is 8.54. The average Bonchev–Trinajstić information content (AvgIpc) is 3.34. The van der Waals surface area contributed by atoms with E-state index in [-0.39, 0.29) is 22.0 Å². The van der Waals surface area contributed by atoms with E-state index in [1.54, 1.807) is 10.7 Å². The summed E-state index contributed by atoms with van der Waals surface area (Å²) in [5, 5.41) is 8.07. The number of benzene rings is 2. The molecule has 0 bridgehead atoms. The molecule has 0 aliphatic carbocycles. The summed E-state index contributed by atoms with van der Waals surface area (Å²) in [6, 6.07) is 11.9. The van der Waals surface area contributed by atoms with E-state index < -0.39 is 11.2 Å². The quantitative estimate of drug-likeness (QED) is 0.304. The monoisotopic (exact) mass is 511 g/mol. The van der Waals surface area contributed by atoms with E-state index in [1.165, 1.54) is 12.1 Å². The van der Waals surface area contributed by atoms with E-state index in [9.17, 15) is 9.18 Å². The average molecular weight is 512 g/mol. The van der Waals surface area contributed by atoms with Gasteiger partial charge in [-0.15, -0.1) is 0 Å². The largest absolute Gasteiger partial charge is 0.491 e. The molecule has 35 heavy (non-hydrogen) atoms. The molecular formula is C27H24Cl2FN3O2. The number of aromatic nitrogens is 2. The summed E-state index contributed by atoms with van der Waals surface area (Å²) < 4.78 is 21.7. The van der Waals surface area contributed by atoms with Crippen molar-refractivity contribution in [1.29, 1.82) is 0 Å². The molecule has 1 aliphatic rings. The van der Waals surface area contributed by atoms with Crippen LogP contribution in [0.3, 0.4) is 0 Å². The molecule has 1 aliphatic heterocycles. The maximum atomic E-state index is 14.2. The molecule has 180 valence electrons. The summed E-state index contributed by atoms with van der Waals surface area (Å²) in [4.78, 5) is 13.5. The fourth-order valence-electron chi connectivity index (χ4n) is 4.77. The van der Waals surface area contributed by atoms with Crippen molar-refractivity contribution < 1.29 is 13.9 Å². The van der Waals surface area contributed by atoms with Gasteiger partial charge in [0.15, 0.2) is 0 Å². The van der Waals surface area contributed by atoms with Crippen molar-refractivity contribution in [1.82, 2.24) is 14.9 Å². The Labute approximate surface area is 212 Å². The number of para-hydroxylation sites is 1. The van der Waals surface area contributed by atoms with Crippen molar-refractivity contribution in [3.63, 3.8) is 0 Å². The van der Waals surface area contributed by atoms with E-state index in [0.29, 0.717) is 23.4 Å². The predicted octanol–water partition coefficient (Wildman–Crippen LogP) is 6.92. The third kappa shape index (κ3) is 4.05. The van der Waals surface area contributed by atoms with Gasteiger partial charge in [0.05, 0.1) is 39.1 Å². The molecule has 8 heteroatoms. The molecule has 4 aromatic rings. The van der Waals surface area contributed by atoms with E-state index in [1.807, 2.05) is 58.0 Å². The summed E-state index contributed by atoms with van der Waals surface area (Å²) in [5.41, 5.74) is 4.50. The lowest BCUT2D eigenvalue weighted by atomic mass is 9.83. The van der Waals surface area contributed by atoms with Gasteiger partial charge in [-0.25, -0.2) is 8.91 Å². The fraction of sp³-hybridized carbons (Fsp3) is 0.259. The fourth-order valence-corrected chi connectivity index (χ4v) is 5.18. The summed E-state index contributed by atoms with van der Waals surface area (Å²) >= 11 is 12.6. The van der Waals surface area contributed by atoms with Crippen LogP contribution in [0.15, 0.2) is 48.7 Å². The molecule has 5 nitrogen and oxygen atoms in total. The van der Waals surface area contributed by atoms with Gasteiger partial charge in [0.1, 0.15) is 18.2 Å². The van der Waals surface area contributed by atoms with Crippen LogP contribution < -0.4 is 10.1 Å². The highest BCUT2D eigenvalue weighted by Crippen LogP contribution is 2.40. The molecule has 1 atom stereocenters. The molecule has 2 aromatic carbocycles. The molecule has 0 radical (unpaired) electrons. The number of fused-ring (bicyclic) bond motifs is 2. The summed E-state index contributed by atoms with van der Waals surface area (Å²) in [6.45, 7) is 8.40. The minimum absolute atomic E-state index is 0.127. The van der Waals surface area contributed by atoms with Gasteiger partial charge >= 0.3 is 0 Å². The Bertz CT molecular complexity index is 1490. The van der Waals surface area contributed by atoms with E-state index in [0.717, 1.165) is 28.0 Å². The van der Waals surface area contributed by atoms with Crippen molar-refractivity contribution in [2.24, 2.45) is 0 Å². The van der Waals surface area contributed by atoms with Crippen LogP contribution in [0.4, 0.5) is 4.39 Å². The second-order valence-corrected chi connectivity index (χ2v) is 10.6. The summed E-state index contributed by atoms with van der Waals surface area (Å²) in [6.07, 6.45) is 1.56. The van der Waals surface area contributed by atoms with E-state index in [2.05, 4.69) is 10.4 Å². The van der Waals surface area contributed by atoms with Gasteiger partial charge in [0.25, 0.3) is 5.91 Å². The van der Waals surface area contributed by atoms with Gasteiger partial charge in [0.2, 0.25) is 0 Å². The van der Waals surface area contributed by atoms with Crippen LogP contribution in [0, 0.1) is 12.7 Å². The van der Waals surface area contributed by atoms with Crippen molar-refractivity contribution in [3.05, 3.63) is 86.8 Å². The minimum atomic E-state index is -0.491. The summed E-state index contributed by atoms with van der Waals surface area (Å²) in [7, 11) is 0. The minimum Gasteiger partial charge on any atom is -0.491 e. The van der Waals surface area contributed by atoms with Gasteiger partial charge in [-0.05, 0) is 47.7 Å². The number of carbonyl (C=O) groups excluding carboxylic acids is 1. The highest BCUT2D eigenvalue weighted by atomic mass is 35.5. The Morgan fingerprint density at radius 3 is 2.69 bits per heavy atom. The van der Waals surface area contributed by atoms with Crippen LogP contribution >= 0.6 is 23.2 Å². The zero-order valence-electron chi connectivity index (χ0n) is 19.7. The van der Waals surface area contributed by atoms with Crippen LogP contribution in [0.25, 0.3) is 16.8 Å². The first-order valence-corrected chi connectivity index (χ1v) is 12.0. The van der Waals surface area contributed by atoms with Crippen molar-refractivity contribution in [2.45, 2.75) is 39.2 Å². The van der Waals surface area contributed by atoms with Gasteiger partial charge in [-0.1, -0.05) is 62.2 Å². The SMILES string of the molecule is Cc1cc2c(C(C)(C)C)c(C(=O)N[C@H]3COc4ccccc43)cnn2c1-c1cc(F)cc(Cl)c1Cl. The van der Waals surface area contributed by atoms with Gasteiger partial charge in [-0.2, -0.15) is 5.10 Å². The third-order valence-electron chi connectivity index (χ3n) is 6.24. The van der Waals surface area contributed by atoms with Crippen molar-refractivity contribution in [2.75, 3.05) is 6.61 Å². The Kier molecular flexibility index (Phi) is 5.77. The lowest BCUT2D eigenvalue weighted by Crippen LogP contribution is -2.32. The van der Waals surface area contributed by atoms with Gasteiger partial charge < -0.3 is 10.1 Å². The highest BCUT2D eigenvalue weighted by molar-refractivity contribution is 6.43. The number of rotatable bonds is 3. The molecule has 1 N–H and O–H groups in total. The first-order valence-electron chi connectivity index (χ1n) is 11.3. The maximum Gasteiger partial charge on any atom is 0.253 e. The molecule has 0 saturated heterocycles. The number of hydrogen-bond acceptors (Lipinski definition) is 3. The molecule has 1 amide bonds. The topological polar surface area (TPSA) is 55.6 Å². The zero-order valence-corrected chi connectivity index (χ0v) is 21.3. The Morgan fingerprint density at radius 2 is 1.94 bits per heavy atom. The third-order valence-corrected chi connectivity index (χ3v) is 7.04. The Morgan fingerprint density at radius 1 is 1.20 bits per heavy atom.